The summed E-state index contributed by atoms with van der Waals surface area (Å²) in [6, 6.07) is 9.29. The van der Waals surface area contributed by atoms with E-state index in [4.69, 9.17) is 5.73 Å². The summed E-state index contributed by atoms with van der Waals surface area (Å²) in [5.41, 5.74) is 5.59. The van der Waals surface area contributed by atoms with Gasteiger partial charge in [-0.25, -0.2) is 0 Å². The summed E-state index contributed by atoms with van der Waals surface area (Å²) in [7, 11) is 0. The minimum Gasteiger partial charge on any atom is -0.392 e. The lowest BCUT2D eigenvalue weighted by molar-refractivity contribution is -0.134. The van der Waals surface area contributed by atoms with Crippen molar-refractivity contribution in [2.45, 2.75) is 44.9 Å². The number of amides is 1. The highest BCUT2D eigenvalue weighted by Crippen LogP contribution is 2.40. The molecule has 3 unspecified atom stereocenters. The fraction of sp³-hybridized carbons (Fsp3) is 0.533. The second-order valence-corrected chi connectivity index (χ2v) is 6.17. The van der Waals surface area contributed by atoms with Gasteiger partial charge in [0.25, 0.3) is 0 Å². The molecule has 0 aromatic heterocycles. The average molecular weight is 262 g/mol. The number of nitrogens with two attached hydrogens (primary N) is 1. The number of nitrogens with one attached hydrogen (secondary N) is 1. The number of aliphatic hydroxyl groups is 1. The molecule has 1 aromatic rings. The molecule has 1 aromatic carbocycles. The lowest BCUT2D eigenvalue weighted by atomic mass is 9.64. The number of hydrogen-bond acceptors (Lipinski definition) is 3. The Bertz CT molecular complexity index is 468. The van der Waals surface area contributed by atoms with E-state index in [2.05, 4.69) is 5.32 Å². The molecule has 4 N–H and O–H groups in total. The van der Waals surface area contributed by atoms with Crippen LogP contribution in [0.1, 0.15) is 32.8 Å². The Morgan fingerprint density at radius 1 is 1.42 bits per heavy atom. The maximum Gasteiger partial charge on any atom is 0.244 e. The Kier molecular flexibility index (Phi) is 3.41. The smallest absolute Gasteiger partial charge is 0.244 e. The number of carbonyl (C=O) groups is 1. The van der Waals surface area contributed by atoms with Crippen LogP contribution in [0, 0.1) is 5.41 Å². The predicted molar refractivity (Wildman–Crippen MR) is 74.3 cm³/mol. The first-order valence-electron chi connectivity index (χ1n) is 6.59. The van der Waals surface area contributed by atoms with Gasteiger partial charge in [0.1, 0.15) is 5.54 Å². The summed E-state index contributed by atoms with van der Waals surface area (Å²) in [6.07, 6.45) is 0.224. The lowest BCUT2D eigenvalue weighted by Crippen LogP contribution is -2.64. The lowest BCUT2D eigenvalue weighted by Gasteiger charge is -2.50. The van der Waals surface area contributed by atoms with Crippen LogP contribution in [0.5, 0.6) is 0 Å². The first-order valence-corrected chi connectivity index (χ1v) is 6.59. The zero-order valence-corrected chi connectivity index (χ0v) is 11.7. The highest BCUT2D eigenvalue weighted by Gasteiger charge is 2.49. The van der Waals surface area contributed by atoms with Gasteiger partial charge in [-0.1, -0.05) is 44.2 Å². The van der Waals surface area contributed by atoms with Crippen molar-refractivity contribution in [2.24, 2.45) is 11.1 Å². The summed E-state index contributed by atoms with van der Waals surface area (Å²) < 4.78 is 0. The number of carbonyl (C=O) groups excluding carboxylic acids is 1. The van der Waals surface area contributed by atoms with Gasteiger partial charge in [-0.2, -0.15) is 0 Å². The SMILES string of the molecule is CC(N)(C(=O)NC1CC(O)C1(C)C)c1ccccc1. The van der Waals surface area contributed by atoms with Crippen molar-refractivity contribution in [3.8, 4) is 0 Å². The minimum absolute atomic E-state index is 0.0263. The van der Waals surface area contributed by atoms with Crippen LogP contribution < -0.4 is 11.1 Å². The van der Waals surface area contributed by atoms with Crippen molar-refractivity contribution in [1.82, 2.24) is 5.32 Å². The van der Waals surface area contributed by atoms with Crippen molar-refractivity contribution in [1.29, 1.82) is 0 Å². The molecule has 4 nitrogen and oxygen atoms in total. The van der Waals surface area contributed by atoms with E-state index in [1.807, 2.05) is 44.2 Å². The molecular formula is C15H22N2O2. The maximum atomic E-state index is 12.3. The van der Waals surface area contributed by atoms with Crippen molar-refractivity contribution in [2.75, 3.05) is 0 Å². The van der Waals surface area contributed by atoms with Crippen LogP contribution in [-0.2, 0) is 10.3 Å². The van der Waals surface area contributed by atoms with Crippen LogP contribution in [0.2, 0.25) is 0 Å². The van der Waals surface area contributed by atoms with Gasteiger partial charge in [-0.3, -0.25) is 4.79 Å². The molecule has 1 aliphatic carbocycles. The molecule has 1 aliphatic rings. The first kappa shape index (κ1) is 14.0. The van der Waals surface area contributed by atoms with E-state index in [0.29, 0.717) is 6.42 Å². The Balaban J connectivity index is 2.08. The van der Waals surface area contributed by atoms with Gasteiger partial charge < -0.3 is 16.2 Å². The molecule has 0 saturated heterocycles. The molecule has 0 bridgehead atoms. The Morgan fingerprint density at radius 3 is 2.47 bits per heavy atom. The predicted octanol–water partition coefficient (Wildman–Crippen LogP) is 1.14. The van der Waals surface area contributed by atoms with Gasteiger partial charge in [0.2, 0.25) is 5.91 Å². The van der Waals surface area contributed by atoms with Crippen LogP contribution in [0.4, 0.5) is 0 Å². The van der Waals surface area contributed by atoms with Gasteiger partial charge in [0, 0.05) is 11.5 Å². The molecule has 2 rings (SSSR count). The fourth-order valence-corrected chi connectivity index (χ4v) is 2.37. The molecule has 19 heavy (non-hydrogen) atoms. The number of aliphatic hydroxyl groups excluding tert-OH is 1. The molecule has 104 valence electrons. The normalized spacial score (nSPS) is 28.1. The maximum absolute atomic E-state index is 12.3. The summed E-state index contributed by atoms with van der Waals surface area (Å²) >= 11 is 0. The summed E-state index contributed by atoms with van der Waals surface area (Å²) in [5, 5.41) is 12.6. The van der Waals surface area contributed by atoms with Crippen LogP contribution in [0.3, 0.4) is 0 Å². The summed E-state index contributed by atoms with van der Waals surface area (Å²) in [6.45, 7) is 5.60. The molecule has 0 heterocycles. The Hall–Kier alpha value is -1.39. The summed E-state index contributed by atoms with van der Waals surface area (Å²) in [5.74, 6) is -0.205. The molecule has 1 amide bonds. The van der Waals surface area contributed by atoms with Gasteiger partial charge in [0.15, 0.2) is 0 Å². The van der Waals surface area contributed by atoms with Crippen LogP contribution in [0.25, 0.3) is 0 Å². The zero-order chi connectivity index (χ0) is 14.3. The highest BCUT2D eigenvalue weighted by molar-refractivity contribution is 5.87. The van der Waals surface area contributed by atoms with Crippen LogP contribution in [0.15, 0.2) is 30.3 Å². The molecule has 4 heteroatoms. The van der Waals surface area contributed by atoms with E-state index in [1.54, 1.807) is 6.92 Å². The zero-order valence-electron chi connectivity index (χ0n) is 11.7. The summed E-state index contributed by atoms with van der Waals surface area (Å²) in [4.78, 5) is 12.3. The fourth-order valence-electron chi connectivity index (χ4n) is 2.37. The quantitative estimate of drug-likeness (QED) is 0.764. The van der Waals surface area contributed by atoms with Gasteiger partial charge in [-0.05, 0) is 18.9 Å². The van der Waals surface area contributed by atoms with E-state index in [9.17, 15) is 9.90 Å². The van der Waals surface area contributed by atoms with E-state index in [0.717, 1.165) is 5.56 Å². The van der Waals surface area contributed by atoms with E-state index in [-0.39, 0.29) is 23.5 Å². The highest BCUT2D eigenvalue weighted by atomic mass is 16.3. The van der Waals surface area contributed by atoms with E-state index >= 15 is 0 Å². The molecule has 0 spiro atoms. The third kappa shape index (κ3) is 2.38. The largest absolute Gasteiger partial charge is 0.392 e. The van der Waals surface area contributed by atoms with E-state index < -0.39 is 5.54 Å². The van der Waals surface area contributed by atoms with Gasteiger partial charge >= 0.3 is 0 Å². The number of rotatable bonds is 3. The second kappa shape index (κ2) is 4.62. The molecule has 3 atom stereocenters. The monoisotopic (exact) mass is 262 g/mol. The first-order chi connectivity index (χ1) is 8.76. The third-order valence-corrected chi connectivity index (χ3v) is 4.37. The molecule has 1 fully saturated rings. The van der Waals surface area contributed by atoms with Crippen molar-refractivity contribution in [3.05, 3.63) is 35.9 Å². The molecule has 0 aliphatic heterocycles. The minimum atomic E-state index is -1.06. The molecule has 0 radical (unpaired) electrons. The Morgan fingerprint density at radius 2 is 2.00 bits per heavy atom. The second-order valence-electron chi connectivity index (χ2n) is 6.17. The number of hydrogen-bond donors (Lipinski definition) is 3. The average Bonchev–Trinajstić information content (AvgIpc) is 2.39. The Labute approximate surface area is 114 Å². The van der Waals surface area contributed by atoms with Crippen molar-refractivity contribution < 1.29 is 9.90 Å². The van der Waals surface area contributed by atoms with Crippen molar-refractivity contribution in [3.63, 3.8) is 0 Å². The van der Waals surface area contributed by atoms with Crippen molar-refractivity contribution >= 4 is 5.91 Å². The van der Waals surface area contributed by atoms with Gasteiger partial charge in [0.05, 0.1) is 6.10 Å². The topological polar surface area (TPSA) is 75.4 Å². The standard InChI is InChI=1S/C15H22N2O2/c1-14(2)11(9-12(14)18)17-13(19)15(3,16)10-7-5-4-6-8-10/h4-8,11-12,18H,9,16H2,1-3H3,(H,17,19). The molecular weight excluding hydrogens is 240 g/mol. The number of benzene rings is 1. The van der Waals surface area contributed by atoms with Gasteiger partial charge in [-0.15, -0.1) is 0 Å². The third-order valence-electron chi connectivity index (χ3n) is 4.37. The van der Waals surface area contributed by atoms with Crippen LogP contribution in [-0.4, -0.2) is 23.2 Å². The molecule has 1 saturated carbocycles. The van der Waals surface area contributed by atoms with Crippen LogP contribution >= 0.6 is 0 Å². The van der Waals surface area contributed by atoms with E-state index in [1.165, 1.54) is 0 Å².